The Morgan fingerprint density at radius 1 is 1.09 bits per heavy atom. The second kappa shape index (κ2) is 9.96. The number of hydrogen-bond acceptors (Lipinski definition) is 6. The van der Waals surface area contributed by atoms with Gasteiger partial charge in [0.2, 0.25) is 0 Å². The molecule has 0 bridgehead atoms. The summed E-state index contributed by atoms with van der Waals surface area (Å²) in [6.45, 7) is -0.313. The van der Waals surface area contributed by atoms with Gasteiger partial charge >= 0.3 is 5.97 Å². The molecule has 4 rings (SSSR count). The molecule has 4 aromatic rings. The number of halogens is 2. The highest BCUT2D eigenvalue weighted by atomic mass is 35.5. The summed E-state index contributed by atoms with van der Waals surface area (Å²) in [6.07, 6.45) is -1.75. The average Bonchev–Trinajstić information content (AvgIpc) is 3.29. The van der Waals surface area contributed by atoms with Gasteiger partial charge in [0.15, 0.2) is 11.9 Å². The zero-order valence-electron chi connectivity index (χ0n) is 17.6. The van der Waals surface area contributed by atoms with Gasteiger partial charge in [-0.05, 0) is 41.0 Å². The molecule has 1 aromatic heterocycles. The molecule has 0 fully saturated rings. The van der Waals surface area contributed by atoms with Crippen molar-refractivity contribution in [2.75, 3.05) is 6.54 Å². The fourth-order valence-corrected chi connectivity index (χ4v) is 3.57. The number of aromatic amines is 1. The maximum Gasteiger partial charge on any atom is 0.333 e. The van der Waals surface area contributed by atoms with Gasteiger partial charge < -0.3 is 10.2 Å². The van der Waals surface area contributed by atoms with Crippen LogP contribution in [0.15, 0.2) is 60.7 Å². The maximum atomic E-state index is 14.2. The highest BCUT2D eigenvalue weighted by molar-refractivity contribution is 6.30. The first-order valence-corrected chi connectivity index (χ1v) is 10.5. The summed E-state index contributed by atoms with van der Waals surface area (Å²) in [7, 11) is 0. The number of carbonyl (C=O) groups excluding carboxylic acids is 1. The average molecular weight is 484 g/mol. The first-order chi connectivity index (χ1) is 16.3. The first-order valence-electron chi connectivity index (χ1n) is 10.1. The zero-order valence-corrected chi connectivity index (χ0v) is 18.3. The van der Waals surface area contributed by atoms with Crippen molar-refractivity contribution in [1.29, 1.82) is 0 Å². The summed E-state index contributed by atoms with van der Waals surface area (Å²) in [6, 6.07) is 17.1. The summed E-state index contributed by atoms with van der Waals surface area (Å²) >= 11 is 6.05. The number of rotatable bonds is 8. The number of carbonyl (C=O) groups is 2. The molecule has 11 heteroatoms. The third kappa shape index (κ3) is 5.37. The SMILES string of the molecule is O=C(NN(Cc1ccc(-c2cccc(Cl)c2)cc1)CC(O)C(=O)O)c1cc(F)c2n[nH]nc2c1. The van der Waals surface area contributed by atoms with Crippen LogP contribution in [0.4, 0.5) is 4.39 Å². The Morgan fingerprint density at radius 3 is 2.56 bits per heavy atom. The van der Waals surface area contributed by atoms with E-state index in [0.29, 0.717) is 5.02 Å². The van der Waals surface area contributed by atoms with Crippen LogP contribution in [-0.2, 0) is 11.3 Å². The maximum absolute atomic E-state index is 14.2. The summed E-state index contributed by atoms with van der Waals surface area (Å²) in [5.41, 5.74) is 5.24. The molecule has 0 spiro atoms. The van der Waals surface area contributed by atoms with Gasteiger partial charge in [-0.2, -0.15) is 15.4 Å². The molecule has 0 saturated carbocycles. The molecule has 34 heavy (non-hydrogen) atoms. The van der Waals surface area contributed by atoms with E-state index in [2.05, 4.69) is 20.8 Å². The predicted octanol–water partition coefficient (Wildman–Crippen LogP) is 3.01. The molecule has 0 radical (unpaired) electrons. The second-order valence-electron chi connectivity index (χ2n) is 7.53. The molecule has 4 N–H and O–H groups in total. The molecule has 0 aliphatic carbocycles. The van der Waals surface area contributed by atoms with E-state index in [9.17, 15) is 19.1 Å². The molecule has 0 saturated heterocycles. The lowest BCUT2D eigenvalue weighted by Gasteiger charge is -2.24. The van der Waals surface area contributed by atoms with Crippen LogP contribution in [0.2, 0.25) is 5.02 Å². The minimum absolute atomic E-state index is 0.00509. The molecule has 0 aliphatic heterocycles. The monoisotopic (exact) mass is 483 g/mol. The van der Waals surface area contributed by atoms with Gasteiger partial charge in [0.05, 0.1) is 6.54 Å². The van der Waals surface area contributed by atoms with Crippen molar-refractivity contribution in [3.63, 3.8) is 0 Å². The second-order valence-corrected chi connectivity index (χ2v) is 7.97. The lowest BCUT2D eigenvalue weighted by Crippen LogP contribution is -2.47. The number of aliphatic hydroxyl groups excluding tert-OH is 1. The van der Waals surface area contributed by atoms with Crippen molar-refractivity contribution in [2.24, 2.45) is 0 Å². The molecular weight excluding hydrogens is 465 g/mol. The number of aromatic nitrogens is 3. The topological polar surface area (TPSA) is 131 Å². The summed E-state index contributed by atoms with van der Waals surface area (Å²) in [5, 5.41) is 30.5. The van der Waals surface area contributed by atoms with Crippen LogP contribution >= 0.6 is 11.6 Å². The fourth-order valence-electron chi connectivity index (χ4n) is 3.38. The molecule has 3 aromatic carbocycles. The lowest BCUT2D eigenvalue weighted by molar-refractivity contribution is -0.148. The van der Waals surface area contributed by atoms with Gasteiger partial charge in [-0.25, -0.2) is 14.2 Å². The fraction of sp³-hybridized carbons (Fsp3) is 0.130. The third-order valence-electron chi connectivity index (χ3n) is 5.06. The molecule has 1 amide bonds. The smallest absolute Gasteiger partial charge is 0.333 e. The summed E-state index contributed by atoms with van der Waals surface area (Å²) < 4.78 is 14.2. The first kappa shape index (κ1) is 23.3. The standard InChI is InChI=1S/C23H19ClFN5O4/c24-17-3-1-2-15(8-17)14-6-4-13(5-7-14)11-30(12-20(31)23(33)34)28-22(32)16-9-18(25)21-19(10-16)26-29-27-21/h1-10,20,31H,11-12H2,(H,28,32)(H,33,34)(H,26,27,29). The number of hydrazine groups is 1. The van der Waals surface area contributed by atoms with E-state index in [1.165, 1.54) is 11.1 Å². The van der Waals surface area contributed by atoms with Crippen LogP contribution in [-0.4, -0.2) is 55.2 Å². The van der Waals surface area contributed by atoms with Gasteiger partial charge in [0.1, 0.15) is 11.0 Å². The third-order valence-corrected chi connectivity index (χ3v) is 5.30. The van der Waals surface area contributed by atoms with E-state index in [1.54, 1.807) is 6.07 Å². The largest absolute Gasteiger partial charge is 0.479 e. The summed E-state index contributed by atoms with van der Waals surface area (Å²) in [4.78, 5) is 23.9. The molecule has 1 atom stereocenters. The van der Waals surface area contributed by atoms with Gasteiger partial charge in [0.25, 0.3) is 5.91 Å². The van der Waals surface area contributed by atoms with Crippen LogP contribution in [0, 0.1) is 5.82 Å². The predicted molar refractivity (Wildman–Crippen MR) is 122 cm³/mol. The van der Waals surface area contributed by atoms with E-state index in [1.807, 2.05) is 42.5 Å². The Morgan fingerprint density at radius 2 is 1.85 bits per heavy atom. The van der Waals surface area contributed by atoms with E-state index < -0.39 is 30.3 Å². The summed E-state index contributed by atoms with van der Waals surface area (Å²) in [5.74, 6) is -2.87. The molecule has 0 aliphatic rings. The van der Waals surface area contributed by atoms with Gasteiger partial charge in [-0.3, -0.25) is 10.2 Å². The normalized spacial score (nSPS) is 12.1. The number of aliphatic carboxylic acids is 1. The van der Waals surface area contributed by atoms with Crippen molar-refractivity contribution in [3.8, 4) is 11.1 Å². The van der Waals surface area contributed by atoms with E-state index in [-0.39, 0.29) is 23.1 Å². The number of carboxylic acid groups (broad SMARTS) is 1. The number of benzene rings is 3. The quantitative estimate of drug-likeness (QED) is 0.283. The number of aliphatic hydroxyl groups is 1. The number of amides is 1. The number of H-pyrrole nitrogens is 1. The Balaban J connectivity index is 1.53. The van der Waals surface area contributed by atoms with Crippen molar-refractivity contribution in [3.05, 3.63) is 82.6 Å². The van der Waals surface area contributed by atoms with Crippen LogP contribution < -0.4 is 5.43 Å². The van der Waals surface area contributed by atoms with Gasteiger partial charge in [-0.1, -0.05) is 48.0 Å². The molecule has 174 valence electrons. The number of carboxylic acids is 1. The molecular formula is C23H19ClFN5O4. The lowest BCUT2D eigenvalue weighted by atomic mass is 10.0. The van der Waals surface area contributed by atoms with Crippen molar-refractivity contribution in [1.82, 2.24) is 25.8 Å². The number of fused-ring (bicyclic) bond motifs is 1. The number of hydrogen-bond donors (Lipinski definition) is 4. The van der Waals surface area contributed by atoms with Crippen LogP contribution in [0.3, 0.4) is 0 Å². The van der Waals surface area contributed by atoms with E-state index in [4.69, 9.17) is 16.7 Å². The van der Waals surface area contributed by atoms with E-state index >= 15 is 0 Å². The molecule has 1 unspecified atom stereocenters. The highest BCUT2D eigenvalue weighted by Crippen LogP contribution is 2.23. The Bertz CT molecular complexity index is 1340. The van der Waals surface area contributed by atoms with E-state index in [0.717, 1.165) is 22.8 Å². The van der Waals surface area contributed by atoms with Gasteiger partial charge in [-0.15, -0.1) is 0 Å². The Labute approximate surface area is 197 Å². The van der Waals surface area contributed by atoms with Crippen molar-refractivity contribution < 1.29 is 24.2 Å². The number of nitrogens with zero attached hydrogens (tertiary/aromatic N) is 3. The Kier molecular flexibility index (Phi) is 6.82. The van der Waals surface area contributed by atoms with Crippen LogP contribution in [0.25, 0.3) is 22.2 Å². The zero-order chi connectivity index (χ0) is 24.2. The molecule has 9 nitrogen and oxygen atoms in total. The Hall–Kier alpha value is -3.86. The van der Waals surface area contributed by atoms with Crippen LogP contribution in [0.5, 0.6) is 0 Å². The van der Waals surface area contributed by atoms with Crippen molar-refractivity contribution in [2.45, 2.75) is 12.6 Å². The van der Waals surface area contributed by atoms with Gasteiger partial charge in [0, 0.05) is 17.1 Å². The minimum atomic E-state index is -1.75. The minimum Gasteiger partial charge on any atom is -0.479 e. The highest BCUT2D eigenvalue weighted by Gasteiger charge is 2.21. The molecule has 1 heterocycles. The van der Waals surface area contributed by atoms with Crippen LogP contribution in [0.1, 0.15) is 15.9 Å². The van der Waals surface area contributed by atoms with Crippen molar-refractivity contribution >= 4 is 34.5 Å². The number of nitrogens with one attached hydrogen (secondary N) is 2.